The van der Waals surface area contributed by atoms with Gasteiger partial charge in [0.1, 0.15) is 13.2 Å². The molecule has 0 amide bonds. The molecule has 1 aromatic carbocycles. The second-order valence-corrected chi connectivity index (χ2v) is 6.40. The number of fused-ring (bicyclic) bond motifs is 1. The number of benzene rings is 1. The molecule has 1 heterocycles. The van der Waals surface area contributed by atoms with E-state index in [1.54, 1.807) is 18.9 Å². The molecule has 1 fully saturated rings. The number of hydrogen-bond acceptors (Lipinski definition) is 5. The van der Waals surface area contributed by atoms with Crippen LogP contribution in [0.5, 0.6) is 11.5 Å². The summed E-state index contributed by atoms with van der Waals surface area (Å²) in [4.78, 5) is 1.26. The van der Waals surface area contributed by atoms with Gasteiger partial charge < -0.3 is 19.5 Å². The highest BCUT2D eigenvalue weighted by atomic mass is 32.2. The molecule has 0 spiro atoms. The van der Waals surface area contributed by atoms with Crippen molar-refractivity contribution in [1.29, 1.82) is 0 Å². The van der Waals surface area contributed by atoms with Crippen LogP contribution >= 0.6 is 11.8 Å². The molecule has 1 aliphatic carbocycles. The zero-order valence-electron chi connectivity index (χ0n) is 12.7. The fourth-order valence-electron chi connectivity index (χ4n) is 3.03. The summed E-state index contributed by atoms with van der Waals surface area (Å²) in [6.45, 7) is 2.14. The van der Waals surface area contributed by atoms with E-state index in [0.717, 1.165) is 30.9 Å². The maximum atomic E-state index is 5.69. The van der Waals surface area contributed by atoms with Gasteiger partial charge in [-0.2, -0.15) is 0 Å². The van der Waals surface area contributed by atoms with Gasteiger partial charge in [0, 0.05) is 24.6 Å². The van der Waals surface area contributed by atoms with Gasteiger partial charge in [-0.05, 0) is 43.2 Å². The lowest BCUT2D eigenvalue weighted by molar-refractivity contribution is 0.107. The van der Waals surface area contributed by atoms with E-state index in [2.05, 4.69) is 23.7 Å². The van der Waals surface area contributed by atoms with Crippen LogP contribution in [0.1, 0.15) is 24.8 Å². The smallest absolute Gasteiger partial charge is 0.162 e. The number of hydrogen-bond donors (Lipinski definition) is 1. The van der Waals surface area contributed by atoms with Crippen molar-refractivity contribution in [3.8, 4) is 11.5 Å². The molecule has 1 saturated carbocycles. The fraction of sp³-hybridized carbons (Fsp3) is 0.625. The monoisotopic (exact) mass is 309 g/mol. The number of thioether (sulfide) groups is 1. The molecular formula is C16H23NO3S. The fourth-order valence-corrected chi connectivity index (χ4v) is 3.65. The van der Waals surface area contributed by atoms with Crippen LogP contribution in [0.4, 0.5) is 0 Å². The van der Waals surface area contributed by atoms with Crippen molar-refractivity contribution in [2.75, 3.05) is 26.6 Å². The number of methoxy groups -OCH3 is 1. The first-order chi connectivity index (χ1) is 10.3. The molecule has 2 unspecified atom stereocenters. The van der Waals surface area contributed by atoms with E-state index >= 15 is 0 Å². The highest BCUT2D eigenvalue weighted by molar-refractivity contribution is 7.98. The van der Waals surface area contributed by atoms with Gasteiger partial charge in [-0.3, -0.25) is 0 Å². The maximum Gasteiger partial charge on any atom is 0.162 e. The van der Waals surface area contributed by atoms with Crippen molar-refractivity contribution in [3.05, 3.63) is 17.7 Å². The molecule has 1 N–H and O–H groups in total. The molecule has 0 saturated heterocycles. The molecule has 2 atom stereocenters. The molecule has 1 aromatic rings. The quantitative estimate of drug-likeness (QED) is 0.847. The minimum atomic E-state index is 0.419. The van der Waals surface area contributed by atoms with Gasteiger partial charge in [0.05, 0.1) is 6.10 Å². The van der Waals surface area contributed by atoms with Crippen molar-refractivity contribution >= 4 is 11.8 Å². The van der Waals surface area contributed by atoms with Gasteiger partial charge in [0.2, 0.25) is 0 Å². The SMILES string of the molecule is COC1CCC(NCc2cc3c(cc2SC)OCCO3)C1. The van der Waals surface area contributed by atoms with Crippen molar-refractivity contribution < 1.29 is 14.2 Å². The third kappa shape index (κ3) is 3.47. The highest BCUT2D eigenvalue weighted by Gasteiger charge is 2.24. The summed E-state index contributed by atoms with van der Waals surface area (Å²) in [5, 5.41) is 3.65. The van der Waals surface area contributed by atoms with Crippen molar-refractivity contribution in [1.82, 2.24) is 5.32 Å². The van der Waals surface area contributed by atoms with Crippen LogP contribution in [-0.2, 0) is 11.3 Å². The Morgan fingerprint density at radius 2 is 2.00 bits per heavy atom. The Morgan fingerprint density at radius 1 is 1.24 bits per heavy atom. The zero-order chi connectivity index (χ0) is 14.7. The predicted octanol–water partition coefficient (Wildman–Crippen LogP) is 2.84. The van der Waals surface area contributed by atoms with Crippen LogP contribution in [0, 0.1) is 0 Å². The first-order valence-corrected chi connectivity index (χ1v) is 8.75. The first kappa shape index (κ1) is 15.0. The van der Waals surface area contributed by atoms with E-state index in [-0.39, 0.29) is 0 Å². The highest BCUT2D eigenvalue weighted by Crippen LogP contribution is 2.36. The van der Waals surface area contributed by atoms with Gasteiger partial charge in [0.15, 0.2) is 11.5 Å². The molecule has 116 valence electrons. The summed E-state index contributed by atoms with van der Waals surface area (Å²) in [6.07, 6.45) is 5.98. The molecular weight excluding hydrogens is 286 g/mol. The van der Waals surface area contributed by atoms with Crippen LogP contribution in [0.15, 0.2) is 17.0 Å². The Bertz CT molecular complexity index is 495. The third-order valence-corrected chi connectivity index (χ3v) is 5.06. The molecule has 1 aliphatic heterocycles. The zero-order valence-corrected chi connectivity index (χ0v) is 13.5. The van der Waals surface area contributed by atoms with E-state index in [4.69, 9.17) is 14.2 Å². The molecule has 0 bridgehead atoms. The predicted molar refractivity (Wildman–Crippen MR) is 84.5 cm³/mol. The Labute approximate surface area is 130 Å². The number of rotatable bonds is 5. The van der Waals surface area contributed by atoms with E-state index in [1.807, 2.05) is 0 Å². The number of ether oxygens (including phenoxy) is 3. The Hall–Kier alpha value is -0.910. The van der Waals surface area contributed by atoms with E-state index in [0.29, 0.717) is 25.4 Å². The van der Waals surface area contributed by atoms with Crippen molar-refractivity contribution in [2.45, 2.75) is 42.8 Å². The minimum absolute atomic E-state index is 0.419. The van der Waals surface area contributed by atoms with Crippen LogP contribution < -0.4 is 14.8 Å². The summed E-state index contributed by atoms with van der Waals surface area (Å²) < 4.78 is 16.8. The van der Waals surface area contributed by atoms with Crippen LogP contribution in [0.3, 0.4) is 0 Å². The Balaban J connectivity index is 1.67. The summed E-state index contributed by atoms with van der Waals surface area (Å²) in [7, 11) is 1.81. The average molecular weight is 309 g/mol. The van der Waals surface area contributed by atoms with E-state index < -0.39 is 0 Å². The van der Waals surface area contributed by atoms with Crippen LogP contribution in [-0.4, -0.2) is 38.7 Å². The largest absolute Gasteiger partial charge is 0.486 e. The minimum Gasteiger partial charge on any atom is -0.486 e. The third-order valence-electron chi connectivity index (χ3n) is 4.24. The maximum absolute atomic E-state index is 5.69. The number of nitrogens with one attached hydrogen (secondary N) is 1. The molecule has 2 aliphatic rings. The topological polar surface area (TPSA) is 39.7 Å². The van der Waals surface area contributed by atoms with E-state index in [1.165, 1.54) is 16.9 Å². The Morgan fingerprint density at radius 3 is 2.67 bits per heavy atom. The lowest BCUT2D eigenvalue weighted by Crippen LogP contribution is -2.27. The lowest BCUT2D eigenvalue weighted by atomic mass is 10.1. The van der Waals surface area contributed by atoms with Gasteiger partial charge in [-0.25, -0.2) is 0 Å². The van der Waals surface area contributed by atoms with E-state index in [9.17, 15) is 0 Å². The van der Waals surface area contributed by atoms with Crippen LogP contribution in [0.2, 0.25) is 0 Å². The van der Waals surface area contributed by atoms with Gasteiger partial charge >= 0.3 is 0 Å². The summed E-state index contributed by atoms with van der Waals surface area (Å²) in [6, 6.07) is 4.77. The Kier molecular flexibility index (Phi) is 4.93. The molecule has 3 rings (SSSR count). The average Bonchev–Trinajstić information content (AvgIpc) is 3.00. The molecule has 21 heavy (non-hydrogen) atoms. The normalized spacial score (nSPS) is 24.3. The summed E-state index contributed by atoms with van der Waals surface area (Å²) in [5.74, 6) is 1.74. The van der Waals surface area contributed by atoms with Crippen molar-refractivity contribution in [3.63, 3.8) is 0 Å². The summed E-state index contributed by atoms with van der Waals surface area (Å²) >= 11 is 1.76. The van der Waals surface area contributed by atoms with Crippen molar-refractivity contribution in [2.24, 2.45) is 0 Å². The molecule has 5 heteroatoms. The second kappa shape index (κ2) is 6.90. The molecule has 0 aromatic heterocycles. The van der Waals surface area contributed by atoms with Gasteiger partial charge in [0.25, 0.3) is 0 Å². The van der Waals surface area contributed by atoms with Gasteiger partial charge in [-0.15, -0.1) is 11.8 Å². The van der Waals surface area contributed by atoms with Crippen LogP contribution in [0.25, 0.3) is 0 Å². The van der Waals surface area contributed by atoms with Gasteiger partial charge in [-0.1, -0.05) is 0 Å². The molecule has 0 radical (unpaired) electrons. The lowest BCUT2D eigenvalue weighted by Gasteiger charge is -2.21. The first-order valence-electron chi connectivity index (χ1n) is 7.53. The second-order valence-electron chi connectivity index (χ2n) is 5.56. The summed E-state index contributed by atoms with van der Waals surface area (Å²) in [5.41, 5.74) is 1.28. The standard InChI is InChI=1S/C16H23NO3S/c1-18-13-4-3-12(8-13)17-10-11-7-14-15(9-16(11)21-2)20-6-5-19-14/h7,9,12-13,17H,3-6,8,10H2,1-2H3. The molecule has 4 nitrogen and oxygen atoms in total.